The van der Waals surface area contributed by atoms with E-state index < -0.39 is 0 Å². The molecule has 5 heteroatoms. The number of rotatable bonds is 3. The molecule has 2 N–H and O–H groups in total. The first-order valence-electron chi connectivity index (χ1n) is 4.74. The maximum absolute atomic E-state index is 5.71. The zero-order chi connectivity index (χ0) is 10.7. The van der Waals surface area contributed by atoms with E-state index in [-0.39, 0.29) is 12.4 Å². The summed E-state index contributed by atoms with van der Waals surface area (Å²) in [6, 6.07) is 7.68. The Kier molecular flexibility index (Phi) is 4.58. The van der Waals surface area contributed by atoms with E-state index in [1.54, 1.807) is 0 Å². The molecule has 0 aliphatic rings. The van der Waals surface area contributed by atoms with Gasteiger partial charge in [0, 0.05) is 16.6 Å². The molecule has 1 aromatic heterocycles. The number of nitrogens with zero attached hydrogens (tertiary/aromatic N) is 1. The van der Waals surface area contributed by atoms with Gasteiger partial charge in [0.05, 0.1) is 12.3 Å². The molecule has 0 radical (unpaired) electrons. The van der Waals surface area contributed by atoms with Crippen molar-refractivity contribution in [1.29, 1.82) is 0 Å². The topological polar surface area (TPSA) is 48.1 Å². The van der Waals surface area contributed by atoms with E-state index in [1.165, 1.54) is 11.3 Å². The zero-order valence-electron chi connectivity index (χ0n) is 8.84. The molecule has 16 heavy (non-hydrogen) atoms. The van der Waals surface area contributed by atoms with Gasteiger partial charge in [0.1, 0.15) is 0 Å². The summed E-state index contributed by atoms with van der Waals surface area (Å²) in [6.07, 6.45) is 0. The van der Waals surface area contributed by atoms with Gasteiger partial charge in [-0.2, -0.15) is 0 Å². The van der Waals surface area contributed by atoms with Gasteiger partial charge >= 0.3 is 0 Å². The van der Waals surface area contributed by atoms with E-state index in [1.807, 2.05) is 36.6 Å². The highest BCUT2D eigenvalue weighted by atomic mass is 35.5. The van der Waals surface area contributed by atoms with E-state index in [2.05, 4.69) is 4.98 Å². The van der Waals surface area contributed by atoms with Gasteiger partial charge < -0.3 is 10.5 Å². The van der Waals surface area contributed by atoms with Crippen molar-refractivity contribution >= 4 is 29.4 Å². The minimum absolute atomic E-state index is 0. The molecule has 0 amide bonds. The molecule has 3 nitrogen and oxygen atoms in total. The number of benzene rings is 1. The van der Waals surface area contributed by atoms with Crippen LogP contribution in [0.5, 0.6) is 5.19 Å². The predicted molar refractivity (Wildman–Crippen MR) is 70.4 cm³/mol. The third-order valence-corrected chi connectivity index (χ3v) is 2.69. The van der Waals surface area contributed by atoms with Gasteiger partial charge in [-0.3, -0.25) is 0 Å². The Bertz CT molecular complexity index is 459. The quantitative estimate of drug-likeness (QED) is 0.858. The summed E-state index contributed by atoms with van der Waals surface area (Å²) in [5.74, 6) is 0. The summed E-state index contributed by atoms with van der Waals surface area (Å²) in [5, 5.41) is 2.68. The molecule has 1 heterocycles. The van der Waals surface area contributed by atoms with Crippen LogP contribution in [-0.4, -0.2) is 11.6 Å². The highest BCUT2D eigenvalue weighted by Crippen LogP contribution is 2.27. The number of nitrogens with two attached hydrogens (primary N) is 1. The summed E-state index contributed by atoms with van der Waals surface area (Å²) >= 11 is 1.50. The van der Waals surface area contributed by atoms with Crippen LogP contribution >= 0.6 is 23.7 Å². The van der Waals surface area contributed by atoms with Crippen molar-refractivity contribution in [3.8, 4) is 16.5 Å². The van der Waals surface area contributed by atoms with Crippen molar-refractivity contribution in [2.24, 2.45) is 0 Å². The van der Waals surface area contributed by atoms with Crippen LogP contribution in [0, 0.1) is 0 Å². The average Bonchev–Trinajstić information content (AvgIpc) is 2.67. The van der Waals surface area contributed by atoms with E-state index in [0.717, 1.165) is 16.9 Å². The molecular weight excluding hydrogens is 244 g/mol. The maximum Gasteiger partial charge on any atom is 0.273 e. The van der Waals surface area contributed by atoms with Crippen LogP contribution < -0.4 is 10.5 Å². The smallest absolute Gasteiger partial charge is 0.273 e. The van der Waals surface area contributed by atoms with E-state index in [9.17, 15) is 0 Å². The number of ether oxygens (including phenoxy) is 1. The first-order valence-corrected chi connectivity index (χ1v) is 5.62. The molecule has 0 aliphatic carbocycles. The standard InChI is InChI=1S/C11H12N2OS.ClH/c1-2-14-11-13-10(7-15-11)8-4-3-5-9(12)6-8;/h3-7H,2,12H2,1H3;1H. The lowest BCUT2D eigenvalue weighted by Crippen LogP contribution is -1.90. The minimum Gasteiger partial charge on any atom is -0.470 e. The second-order valence-corrected chi connectivity index (χ2v) is 3.88. The number of hydrogen-bond acceptors (Lipinski definition) is 4. The van der Waals surface area contributed by atoms with Crippen LogP contribution in [0.3, 0.4) is 0 Å². The van der Waals surface area contributed by atoms with E-state index in [4.69, 9.17) is 10.5 Å². The first-order chi connectivity index (χ1) is 7.29. The van der Waals surface area contributed by atoms with Gasteiger partial charge in [0.2, 0.25) is 0 Å². The number of anilines is 1. The summed E-state index contributed by atoms with van der Waals surface area (Å²) in [4.78, 5) is 4.35. The van der Waals surface area contributed by atoms with Gasteiger partial charge in [-0.15, -0.1) is 12.4 Å². The molecule has 0 spiro atoms. The Balaban J connectivity index is 0.00000128. The second kappa shape index (κ2) is 5.72. The fraction of sp³-hybridized carbons (Fsp3) is 0.182. The SMILES string of the molecule is CCOc1nc(-c2cccc(N)c2)cs1.Cl. The molecule has 0 atom stereocenters. The van der Waals surface area contributed by atoms with Crippen LogP contribution in [0.4, 0.5) is 5.69 Å². The highest BCUT2D eigenvalue weighted by molar-refractivity contribution is 7.11. The molecule has 0 saturated carbocycles. The number of hydrogen-bond donors (Lipinski definition) is 1. The van der Waals surface area contributed by atoms with Crippen molar-refractivity contribution in [3.05, 3.63) is 29.6 Å². The minimum atomic E-state index is 0. The average molecular weight is 257 g/mol. The van der Waals surface area contributed by atoms with Gasteiger partial charge in [-0.05, 0) is 19.1 Å². The van der Waals surface area contributed by atoms with Crippen molar-refractivity contribution in [3.63, 3.8) is 0 Å². The van der Waals surface area contributed by atoms with Crippen molar-refractivity contribution in [2.75, 3.05) is 12.3 Å². The summed E-state index contributed by atoms with van der Waals surface area (Å²) in [7, 11) is 0. The Labute approximate surface area is 105 Å². The lowest BCUT2D eigenvalue weighted by Gasteiger charge is -1.98. The largest absolute Gasteiger partial charge is 0.470 e. The molecule has 2 aromatic rings. The van der Waals surface area contributed by atoms with Crippen LogP contribution in [0.25, 0.3) is 11.3 Å². The lowest BCUT2D eigenvalue weighted by atomic mass is 10.1. The molecule has 0 saturated heterocycles. The Morgan fingerprint density at radius 2 is 2.25 bits per heavy atom. The van der Waals surface area contributed by atoms with Crippen molar-refractivity contribution in [2.45, 2.75) is 6.92 Å². The normalized spacial score (nSPS) is 9.56. The molecule has 0 bridgehead atoms. The third-order valence-electron chi connectivity index (χ3n) is 1.93. The molecule has 0 fully saturated rings. The predicted octanol–water partition coefficient (Wildman–Crippen LogP) is 3.21. The Morgan fingerprint density at radius 1 is 1.44 bits per heavy atom. The Hall–Kier alpha value is -1.26. The first kappa shape index (κ1) is 12.8. The number of thiazole rings is 1. The third kappa shape index (κ3) is 2.87. The number of halogens is 1. The van der Waals surface area contributed by atoms with E-state index >= 15 is 0 Å². The number of aromatic nitrogens is 1. The maximum atomic E-state index is 5.71. The zero-order valence-corrected chi connectivity index (χ0v) is 10.5. The summed E-state index contributed by atoms with van der Waals surface area (Å²) in [6.45, 7) is 2.59. The molecule has 1 aromatic carbocycles. The van der Waals surface area contributed by atoms with Crippen LogP contribution in [0.1, 0.15) is 6.92 Å². The van der Waals surface area contributed by atoms with Crippen molar-refractivity contribution < 1.29 is 4.74 Å². The summed E-state index contributed by atoms with van der Waals surface area (Å²) < 4.78 is 5.31. The van der Waals surface area contributed by atoms with Crippen LogP contribution in [0.15, 0.2) is 29.6 Å². The second-order valence-electron chi connectivity index (χ2n) is 3.06. The van der Waals surface area contributed by atoms with Crippen molar-refractivity contribution in [1.82, 2.24) is 4.98 Å². The fourth-order valence-electron chi connectivity index (χ4n) is 1.28. The molecule has 86 valence electrons. The van der Waals surface area contributed by atoms with Gasteiger partial charge in [0.15, 0.2) is 0 Å². The molecule has 0 aliphatic heterocycles. The number of nitrogen functional groups attached to an aromatic ring is 1. The molecule has 2 rings (SSSR count). The fourth-order valence-corrected chi connectivity index (χ4v) is 2.02. The Morgan fingerprint density at radius 3 is 2.94 bits per heavy atom. The van der Waals surface area contributed by atoms with Gasteiger partial charge in [-0.25, -0.2) is 4.98 Å². The van der Waals surface area contributed by atoms with Crippen LogP contribution in [-0.2, 0) is 0 Å². The monoisotopic (exact) mass is 256 g/mol. The van der Waals surface area contributed by atoms with Gasteiger partial charge in [0.25, 0.3) is 5.19 Å². The van der Waals surface area contributed by atoms with Crippen LogP contribution in [0.2, 0.25) is 0 Å². The van der Waals surface area contributed by atoms with E-state index in [0.29, 0.717) is 11.8 Å². The molecule has 0 unspecified atom stereocenters. The molecular formula is C11H13ClN2OS. The van der Waals surface area contributed by atoms with Gasteiger partial charge in [-0.1, -0.05) is 23.5 Å². The highest BCUT2D eigenvalue weighted by Gasteiger charge is 2.04. The lowest BCUT2D eigenvalue weighted by molar-refractivity contribution is 0.338. The summed E-state index contributed by atoms with van der Waals surface area (Å²) in [5.41, 5.74) is 8.39.